The van der Waals surface area contributed by atoms with Gasteiger partial charge in [0.15, 0.2) is 0 Å². The number of likely N-dealkylation sites (N-methyl/N-ethyl adjacent to an activating group) is 2. The van der Waals surface area contributed by atoms with Crippen molar-refractivity contribution in [3.05, 3.63) is 67.5 Å². The number of carbonyl (C=O) groups is 1. The lowest BCUT2D eigenvalue weighted by Gasteiger charge is -2.26. The van der Waals surface area contributed by atoms with E-state index in [9.17, 15) is 4.79 Å². The van der Waals surface area contributed by atoms with Crippen LogP contribution in [0.25, 0.3) is 22.2 Å². The minimum Gasteiger partial charge on any atom is -0.494 e. The molecule has 1 amide bonds. The maximum atomic E-state index is 12.2. The van der Waals surface area contributed by atoms with Crippen molar-refractivity contribution in [2.45, 2.75) is 13.5 Å². The minimum atomic E-state index is -0.297. The zero-order chi connectivity index (χ0) is 27.2. The summed E-state index contributed by atoms with van der Waals surface area (Å²) >= 11 is 0. The molecule has 2 aromatic heterocycles. The van der Waals surface area contributed by atoms with Crippen LogP contribution in [0.2, 0.25) is 0 Å². The fourth-order valence-electron chi connectivity index (χ4n) is 4.31. The first-order valence-electron chi connectivity index (χ1n) is 12.5. The molecule has 0 spiro atoms. The number of hydrogen-bond donors (Lipinski definition) is 2. The molecule has 0 saturated carbocycles. The highest BCUT2D eigenvalue weighted by Gasteiger charge is 2.17. The highest BCUT2D eigenvalue weighted by atomic mass is 16.5. The minimum absolute atomic E-state index is 0.297. The Morgan fingerprint density at radius 1 is 1.13 bits per heavy atom. The molecule has 2 aromatic carbocycles. The van der Waals surface area contributed by atoms with Crippen LogP contribution < -0.4 is 20.3 Å². The molecule has 0 unspecified atom stereocenters. The second-order valence-corrected chi connectivity index (χ2v) is 9.22. The normalized spacial score (nSPS) is 11.0. The fraction of sp³-hybridized carbons (Fsp3) is 0.276. The van der Waals surface area contributed by atoms with Crippen LogP contribution in [0.5, 0.6) is 5.75 Å². The number of rotatable bonds is 11. The summed E-state index contributed by atoms with van der Waals surface area (Å²) in [5.41, 5.74) is 5.09. The Balaban J connectivity index is 1.71. The predicted octanol–water partition coefficient (Wildman–Crippen LogP) is 4.99. The molecule has 0 saturated heterocycles. The molecule has 0 fully saturated rings. The number of methoxy groups -OCH3 is 1. The number of aryl methyl sites for hydroxylation is 1. The third-order valence-electron chi connectivity index (χ3n) is 6.36. The Kier molecular flexibility index (Phi) is 8.28. The molecule has 2 N–H and O–H groups in total. The topological polar surface area (TPSA) is 87.5 Å². The number of amides is 1. The number of nitrogens with zero attached hydrogens (tertiary/aromatic N) is 5. The van der Waals surface area contributed by atoms with Crippen molar-refractivity contribution in [2.75, 3.05) is 56.9 Å². The van der Waals surface area contributed by atoms with Crippen LogP contribution in [0.1, 0.15) is 6.92 Å². The summed E-state index contributed by atoms with van der Waals surface area (Å²) in [6.07, 6.45) is 5.11. The molecule has 0 bridgehead atoms. The Bertz CT molecular complexity index is 1440. The van der Waals surface area contributed by atoms with Gasteiger partial charge in [0.25, 0.3) is 0 Å². The number of aromatic nitrogens is 3. The van der Waals surface area contributed by atoms with Crippen LogP contribution in [-0.4, -0.2) is 66.7 Å². The molecule has 0 aliphatic rings. The first-order chi connectivity index (χ1) is 18.3. The van der Waals surface area contributed by atoms with Gasteiger partial charge >= 0.3 is 0 Å². The monoisotopic (exact) mass is 513 g/mol. The molecule has 9 nitrogen and oxygen atoms in total. The van der Waals surface area contributed by atoms with Crippen LogP contribution in [0.15, 0.2) is 67.5 Å². The van der Waals surface area contributed by atoms with E-state index in [4.69, 9.17) is 9.72 Å². The van der Waals surface area contributed by atoms with Gasteiger partial charge in [0.2, 0.25) is 11.9 Å². The van der Waals surface area contributed by atoms with Gasteiger partial charge in [-0.1, -0.05) is 24.8 Å². The van der Waals surface area contributed by atoms with Crippen LogP contribution in [-0.2, 0) is 11.3 Å². The van der Waals surface area contributed by atoms with Gasteiger partial charge in [0.1, 0.15) is 5.75 Å². The molecule has 198 valence electrons. The van der Waals surface area contributed by atoms with Crippen LogP contribution >= 0.6 is 0 Å². The first-order valence-corrected chi connectivity index (χ1v) is 12.5. The van der Waals surface area contributed by atoms with Gasteiger partial charge in [-0.3, -0.25) is 4.79 Å². The summed E-state index contributed by atoms with van der Waals surface area (Å²) < 4.78 is 7.93. The zero-order valence-electron chi connectivity index (χ0n) is 22.7. The van der Waals surface area contributed by atoms with Crippen molar-refractivity contribution in [3.63, 3.8) is 0 Å². The van der Waals surface area contributed by atoms with Gasteiger partial charge in [-0.05, 0) is 45.3 Å². The third-order valence-corrected chi connectivity index (χ3v) is 6.36. The number of nitrogens with one attached hydrogen (secondary N) is 2. The van der Waals surface area contributed by atoms with Crippen molar-refractivity contribution in [1.82, 2.24) is 19.4 Å². The summed E-state index contributed by atoms with van der Waals surface area (Å²) in [5.74, 6) is 0.725. The summed E-state index contributed by atoms with van der Waals surface area (Å²) in [6.45, 7) is 8.19. The number of carbonyl (C=O) groups excluding carboxylic acids is 1. The lowest BCUT2D eigenvalue weighted by atomic mass is 10.1. The Morgan fingerprint density at radius 3 is 2.63 bits per heavy atom. The molecule has 0 atom stereocenters. The van der Waals surface area contributed by atoms with E-state index >= 15 is 0 Å². The van der Waals surface area contributed by atoms with Crippen molar-refractivity contribution in [3.8, 4) is 17.0 Å². The lowest BCUT2D eigenvalue weighted by Crippen LogP contribution is -2.29. The Hall–Kier alpha value is -4.37. The molecule has 4 rings (SSSR count). The number of para-hydroxylation sites is 1. The second-order valence-electron chi connectivity index (χ2n) is 9.22. The van der Waals surface area contributed by atoms with E-state index in [1.165, 1.54) is 6.08 Å². The van der Waals surface area contributed by atoms with Gasteiger partial charge < -0.3 is 29.7 Å². The SMILES string of the molecule is C=CC(=O)Nc1cc(Nc2nccc(-c3cn(CC)c4ccccc34)n2)c(OC)cc1N(C)CCN(C)C. The summed E-state index contributed by atoms with van der Waals surface area (Å²) in [4.78, 5) is 25.7. The van der Waals surface area contributed by atoms with Crippen LogP contribution in [0.4, 0.5) is 23.0 Å². The van der Waals surface area contributed by atoms with E-state index in [0.717, 1.165) is 47.5 Å². The molecule has 4 aromatic rings. The maximum absolute atomic E-state index is 12.2. The first kappa shape index (κ1) is 26.7. The van der Waals surface area contributed by atoms with Gasteiger partial charge in [-0.15, -0.1) is 0 Å². The number of fused-ring (bicyclic) bond motifs is 1. The Labute approximate surface area is 223 Å². The van der Waals surface area contributed by atoms with Crippen LogP contribution in [0.3, 0.4) is 0 Å². The highest BCUT2D eigenvalue weighted by molar-refractivity contribution is 6.02. The van der Waals surface area contributed by atoms with Gasteiger partial charge in [0, 0.05) is 61.6 Å². The maximum Gasteiger partial charge on any atom is 0.247 e. The molecule has 0 radical (unpaired) electrons. The average molecular weight is 514 g/mol. The molecular formula is C29H35N7O2. The van der Waals surface area contributed by atoms with Crippen molar-refractivity contribution < 1.29 is 9.53 Å². The number of benzene rings is 2. The Morgan fingerprint density at radius 2 is 1.92 bits per heavy atom. The van der Waals surface area contributed by atoms with E-state index in [-0.39, 0.29) is 5.91 Å². The van der Waals surface area contributed by atoms with E-state index in [1.54, 1.807) is 13.3 Å². The molecule has 9 heteroatoms. The molecule has 0 aliphatic heterocycles. The third kappa shape index (κ3) is 5.78. The van der Waals surface area contributed by atoms with E-state index < -0.39 is 0 Å². The molecule has 2 heterocycles. The van der Waals surface area contributed by atoms with Crippen molar-refractivity contribution >= 4 is 39.8 Å². The molecule has 38 heavy (non-hydrogen) atoms. The average Bonchev–Trinajstić information content (AvgIpc) is 3.31. The van der Waals surface area contributed by atoms with E-state index in [0.29, 0.717) is 23.1 Å². The lowest BCUT2D eigenvalue weighted by molar-refractivity contribution is -0.111. The predicted molar refractivity (Wildman–Crippen MR) is 156 cm³/mol. The second kappa shape index (κ2) is 11.8. The van der Waals surface area contributed by atoms with E-state index in [2.05, 4.69) is 61.8 Å². The van der Waals surface area contributed by atoms with Gasteiger partial charge in [0.05, 0.1) is 29.9 Å². The largest absolute Gasteiger partial charge is 0.494 e. The standard InChI is InChI=1S/C29H35N7O2/c1-7-28(37)31-23-17-24(27(38-6)18-26(23)35(5)16-15-34(3)4)33-29-30-14-13-22(32-29)21-19-36(8-2)25-12-10-9-11-20(21)25/h7,9-14,17-19H,1,8,15-16H2,2-6H3,(H,31,37)(H,30,32,33). The highest BCUT2D eigenvalue weighted by Crippen LogP contribution is 2.38. The van der Waals surface area contributed by atoms with E-state index in [1.807, 2.05) is 51.5 Å². The van der Waals surface area contributed by atoms with Crippen LogP contribution in [0, 0.1) is 0 Å². The molecule has 0 aliphatic carbocycles. The number of hydrogen-bond acceptors (Lipinski definition) is 7. The summed E-state index contributed by atoms with van der Waals surface area (Å²) in [6, 6.07) is 13.9. The number of anilines is 4. The summed E-state index contributed by atoms with van der Waals surface area (Å²) in [5, 5.41) is 7.35. The van der Waals surface area contributed by atoms with Crippen molar-refractivity contribution in [2.24, 2.45) is 0 Å². The fourth-order valence-corrected chi connectivity index (χ4v) is 4.31. The quantitative estimate of drug-likeness (QED) is 0.273. The molecular weight excluding hydrogens is 478 g/mol. The van der Waals surface area contributed by atoms with Gasteiger partial charge in [-0.2, -0.15) is 0 Å². The zero-order valence-corrected chi connectivity index (χ0v) is 22.7. The van der Waals surface area contributed by atoms with Gasteiger partial charge in [-0.25, -0.2) is 9.97 Å². The smallest absolute Gasteiger partial charge is 0.247 e. The van der Waals surface area contributed by atoms with Crippen molar-refractivity contribution in [1.29, 1.82) is 0 Å². The summed E-state index contributed by atoms with van der Waals surface area (Å²) in [7, 11) is 7.64. The number of ether oxygens (including phenoxy) is 1.